The van der Waals surface area contributed by atoms with Crippen molar-refractivity contribution in [1.29, 1.82) is 0 Å². The van der Waals surface area contributed by atoms with Gasteiger partial charge in [0.1, 0.15) is 0 Å². The fourth-order valence-corrected chi connectivity index (χ4v) is 4.86. The zero-order chi connectivity index (χ0) is 24.3. The topological polar surface area (TPSA) is 0 Å². The van der Waals surface area contributed by atoms with Gasteiger partial charge in [0.05, 0.1) is 8.07 Å². The second-order valence-corrected chi connectivity index (χ2v) is 13.7. The fraction of sp³-hybridized carbons (Fsp3) is 0.200. The Bertz CT molecular complexity index is 1050. The molecule has 1 aliphatic carbocycles. The molecule has 1 aliphatic rings. The molecular weight excluding hydrogens is 469 g/mol. The van der Waals surface area contributed by atoms with Gasteiger partial charge in [0.25, 0.3) is 6.71 Å². The van der Waals surface area contributed by atoms with E-state index in [1.165, 1.54) is 12.2 Å². The number of hydrogen-bond acceptors (Lipinski definition) is 0. The van der Waals surface area contributed by atoms with E-state index in [1.54, 1.807) is 0 Å². The van der Waals surface area contributed by atoms with Gasteiger partial charge in [-0.2, -0.15) is 0 Å². The quantitative estimate of drug-likeness (QED) is 0.236. The third-order valence-electron chi connectivity index (χ3n) is 5.27. The van der Waals surface area contributed by atoms with E-state index in [-0.39, 0.29) is 5.47 Å². The Kier molecular flexibility index (Phi) is 6.13. The molecule has 2 aromatic carbocycles. The van der Waals surface area contributed by atoms with Gasteiger partial charge >= 0.3 is 0 Å². The maximum Gasteiger partial charge on any atom is 0.256 e. The van der Waals surface area contributed by atoms with Crippen LogP contribution in [0.4, 0.5) is 43.9 Å². The van der Waals surface area contributed by atoms with Gasteiger partial charge in [-0.15, -0.1) is 0 Å². The van der Waals surface area contributed by atoms with Crippen LogP contribution in [0.1, 0.15) is 0 Å². The van der Waals surface area contributed by atoms with Crippen molar-refractivity contribution in [2.24, 2.45) is 0 Å². The number of hydrogen-bond donors (Lipinski definition) is 0. The van der Waals surface area contributed by atoms with Crippen LogP contribution in [0.15, 0.2) is 23.7 Å². The van der Waals surface area contributed by atoms with E-state index in [0.29, 0.717) is 0 Å². The lowest BCUT2D eigenvalue weighted by atomic mass is 9.35. The Hall–Kier alpha value is -2.50. The van der Waals surface area contributed by atoms with Gasteiger partial charge in [-0.25, -0.2) is 43.9 Å². The lowest BCUT2D eigenvalue weighted by molar-refractivity contribution is 0.382. The average Bonchev–Trinajstić information content (AvgIpc) is 3.23. The Morgan fingerprint density at radius 3 is 1.16 bits per heavy atom. The van der Waals surface area contributed by atoms with E-state index >= 15 is 0 Å². The smallest absolute Gasteiger partial charge is 0.204 e. The lowest BCUT2D eigenvalue weighted by Crippen LogP contribution is -2.52. The molecule has 1 atom stereocenters. The minimum Gasteiger partial charge on any atom is -0.204 e. The fourth-order valence-electron chi connectivity index (χ4n) is 3.49. The first-order chi connectivity index (χ1) is 14.7. The molecule has 12 heteroatoms. The van der Waals surface area contributed by atoms with Crippen molar-refractivity contribution in [2.75, 3.05) is 0 Å². The van der Waals surface area contributed by atoms with Gasteiger partial charge in [-0.1, -0.05) is 43.3 Å². The van der Waals surface area contributed by atoms with Crippen molar-refractivity contribution in [3.63, 3.8) is 0 Å². The molecule has 0 N–H and O–H groups in total. The van der Waals surface area contributed by atoms with Crippen LogP contribution in [0.5, 0.6) is 0 Å². The Balaban J connectivity index is 2.45. The van der Waals surface area contributed by atoms with Crippen molar-refractivity contribution >= 4 is 25.7 Å². The van der Waals surface area contributed by atoms with Crippen LogP contribution < -0.4 is 10.9 Å². The van der Waals surface area contributed by atoms with E-state index < -0.39 is 89.4 Å². The lowest BCUT2D eigenvalue weighted by Gasteiger charge is -2.22. The van der Waals surface area contributed by atoms with Gasteiger partial charge in [-0.3, -0.25) is 0 Å². The SMILES string of the molecule is C[Si](C)(C)C1C=CC(B(c2c(F)c(F)c(F)c(F)c2F)c2c(F)c(F)c(F)c(F)c2F)=C1. The molecule has 0 radical (unpaired) electrons. The molecule has 0 amide bonds. The van der Waals surface area contributed by atoms with Crippen LogP contribution in [-0.4, -0.2) is 14.8 Å². The summed E-state index contributed by atoms with van der Waals surface area (Å²) in [5.41, 5.74) is -4.22. The predicted octanol–water partition coefficient (Wildman–Crippen LogP) is 5.43. The molecule has 0 aromatic heterocycles. The number of benzene rings is 2. The monoisotopic (exact) mass is 482 g/mol. The molecule has 0 spiro atoms. The summed E-state index contributed by atoms with van der Waals surface area (Å²) in [7, 11) is -2.08. The average molecular weight is 482 g/mol. The third-order valence-corrected chi connectivity index (χ3v) is 7.63. The van der Waals surface area contributed by atoms with Crippen molar-refractivity contribution in [3.8, 4) is 0 Å². The number of rotatable bonds is 4. The predicted molar refractivity (Wildman–Crippen MR) is 102 cm³/mol. The van der Waals surface area contributed by atoms with E-state index in [4.69, 9.17) is 0 Å². The number of allylic oxidation sites excluding steroid dienone is 4. The minimum absolute atomic E-state index is 0.371. The van der Waals surface area contributed by atoms with Crippen molar-refractivity contribution in [2.45, 2.75) is 25.2 Å². The number of halogens is 10. The summed E-state index contributed by atoms with van der Waals surface area (Å²) >= 11 is 0. The molecule has 32 heavy (non-hydrogen) atoms. The second kappa shape index (κ2) is 8.13. The Morgan fingerprint density at radius 1 is 0.562 bits per heavy atom. The van der Waals surface area contributed by atoms with E-state index in [9.17, 15) is 43.9 Å². The van der Waals surface area contributed by atoms with E-state index in [1.807, 2.05) is 19.6 Å². The molecule has 0 saturated carbocycles. The van der Waals surface area contributed by atoms with Gasteiger partial charge in [0.2, 0.25) is 0 Å². The zero-order valence-electron chi connectivity index (χ0n) is 16.7. The highest BCUT2D eigenvalue weighted by Gasteiger charge is 2.42. The maximum atomic E-state index is 14.6. The van der Waals surface area contributed by atoms with Crippen LogP contribution >= 0.6 is 0 Å². The van der Waals surface area contributed by atoms with Crippen molar-refractivity contribution in [1.82, 2.24) is 0 Å². The molecule has 0 saturated heterocycles. The van der Waals surface area contributed by atoms with Gasteiger partial charge in [0, 0.05) is 10.9 Å². The summed E-state index contributed by atoms with van der Waals surface area (Å²) in [4.78, 5) is 0. The largest absolute Gasteiger partial charge is 0.256 e. The van der Waals surface area contributed by atoms with Crippen molar-refractivity contribution < 1.29 is 43.9 Å². The van der Waals surface area contributed by atoms with Crippen LogP contribution in [0, 0.1) is 58.2 Å². The Labute approximate surface area is 177 Å². The first-order valence-corrected chi connectivity index (χ1v) is 12.7. The molecule has 2 aromatic rings. The summed E-state index contributed by atoms with van der Waals surface area (Å²) in [5.74, 6) is -24.5. The molecule has 170 valence electrons. The molecule has 3 rings (SSSR count). The standard InChI is InChI=1S/C20H13BF10Si/c1-32(2,3)8-5-4-7(6-8)21(9-11(22)15(26)19(30)16(27)12(9)23)10-13(24)17(28)20(31)18(29)14(10)25/h4-6,8H,1-3H3. The normalized spacial score (nSPS) is 16.0. The summed E-state index contributed by atoms with van der Waals surface area (Å²) in [5, 5.41) is 0. The third kappa shape index (κ3) is 3.67. The second-order valence-electron chi connectivity index (χ2n) is 8.32. The molecular formula is C20H13BF10Si. The maximum absolute atomic E-state index is 14.6. The zero-order valence-corrected chi connectivity index (χ0v) is 17.7. The van der Waals surface area contributed by atoms with Gasteiger partial charge in [0.15, 0.2) is 58.2 Å². The first-order valence-electron chi connectivity index (χ1n) is 9.12. The Morgan fingerprint density at radius 2 is 0.875 bits per heavy atom. The molecule has 0 nitrogen and oxygen atoms in total. The van der Waals surface area contributed by atoms with Crippen LogP contribution in [0.3, 0.4) is 0 Å². The van der Waals surface area contributed by atoms with Crippen LogP contribution in [-0.2, 0) is 0 Å². The molecule has 0 heterocycles. The summed E-state index contributed by atoms with van der Waals surface area (Å²) in [6.45, 7) is 3.06. The van der Waals surface area contributed by atoms with Gasteiger partial charge in [-0.05, 0) is 5.54 Å². The molecule has 1 unspecified atom stereocenters. The van der Waals surface area contributed by atoms with Crippen LogP contribution in [0.2, 0.25) is 25.2 Å². The summed E-state index contributed by atoms with van der Waals surface area (Å²) in [6, 6.07) is 0. The van der Waals surface area contributed by atoms with E-state index in [0.717, 1.165) is 6.08 Å². The molecule has 0 fully saturated rings. The minimum atomic E-state index is -2.53. The highest BCUT2D eigenvalue weighted by Crippen LogP contribution is 2.33. The van der Waals surface area contributed by atoms with Crippen LogP contribution in [0.25, 0.3) is 0 Å². The molecule has 0 aliphatic heterocycles. The van der Waals surface area contributed by atoms with E-state index in [2.05, 4.69) is 0 Å². The highest BCUT2D eigenvalue weighted by atomic mass is 28.3. The van der Waals surface area contributed by atoms with Gasteiger partial charge < -0.3 is 0 Å². The first kappa shape index (κ1) is 24.2. The van der Waals surface area contributed by atoms with Crippen molar-refractivity contribution in [3.05, 3.63) is 81.9 Å². The summed E-state index contributed by atoms with van der Waals surface area (Å²) in [6.07, 6.45) is 3.86. The summed E-state index contributed by atoms with van der Waals surface area (Å²) < 4.78 is 141. The molecule has 0 bridgehead atoms. The highest BCUT2D eigenvalue weighted by molar-refractivity contribution is 6.92.